The average Bonchev–Trinajstić information content (AvgIpc) is 2.67. The molecule has 8 nitrogen and oxygen atoms in total. The number of nitrogens with one attached hydrogen (secondary N) is 2. The summed E-state index contributed by atoms with van der Waals surface area (Å²) in [5.74, 6) is 0.703. The molecule has 0 aliphatic rings. The lowest BCUT2D eigenvalue weighted by atomic mass is 9.97. The van der Waals surface area contributed by atoms with Crippen molar-refractivity contribution in [2.45, 2.75) is 23.8 Å². The van der Waals surface area contributed by atoms with Gasteiger partial charge < -0.3 is 14.6 Å². The van der Waals surface area contributed by atoms with Crippen LogP contribution in [0.5, 0.6) is 5.75 Å². The highest BCUT2D eigenvalue weighted by molar-refractivity contribution is 7.89. The molecule has 0 saturated carbocycles. The van der Waals surface area contributed by atoms with Gasteiger partial charge in [0.1, 0.15) is 5.75 Å². The molecule has 1 amide bonds. The lowest BCUT2D eigenvalue weighted by Gasteiger charge is -2.24. The zero-order chi connectivity index (χ0) is 20.8. The first-order chi connectivity index (χ1) is 13.1. The van der Waals surface area contributed by atoms with Gasteiger partial charge in [-0.05, 0) is 48.9 Å². The Bertz CT molecular complexity index is 893. The van der Waals surface area contributed by atoms with Gasteiger partial charge in [0.15, 0.2) is 0 Å². The average molecular weight is 408 g/mol. The lowest BCUT2D eigenvalue weighted by Crippen LogP contribution is -2.42. The van der Waals surface area contributed by atoms with Crippen LogP contribution in [0, 0.1) is 0 Å². The Morgan fingerprint density at radius 1 is 1.07 bits per heavy atom. The first-order valence-electron chi connectivity index (χ1n) is 8.45. The van der Waals surface area contributed by atoms with E-state index < -0.39 is 21.7 Å². The molecule has 28 heavy (non-hydrogen) atoms. The minimum atomic E-state index is -3.82. The summed E-state index contributed by atoms with van der Waals surface area (Å²) in [7, 11) is -1.02. The van der Waals surface area contributed by atoms with Crippen LogP contribution in [0.1, 0.15) is 12.5 Å². The summed E-state index contributed by atoms with van der Waals surface area (Å²) in [4.78, 5) is 11.2. The molecule has 2 aromatic rings. The molecule has 0 aromatic heterocycles. The van der Waals surface area contributed by atoms with E-state index in [0.29, 0.717) is 11.4 Å². The van der Waals surface area contributed by atoms with Gasteiger partial charge in [0.05, 0.1) is 24.7 Å². The van der Waals surface area contributed by atoms with Crippen molar-refractivity contribution in [3.8, 4) is 5.75 Å². The number of hydrogen-bond donors (Lipinski definition) is 3. The van der Waals surface area contributed by atoms with Gasteiger partial charge in [0.25, 0.3) is 0 Å². The number of ether oxygens (including phenoxy) is 2. The monoisotopic (exact) mass is 408 g/mol. The predicted octanol–water partition coefficient (Wildman–Crippen LogP) is 2.15. The fourth-order valence-electron chi connectivity index (χ4n) is 2.47. The molecule has 0 radical (unpaired) electrons. The molecule has 0 fully saturated rings. The van der Waals surface area contributed by atoms with Gasteiger partial charge in [-0.15, -0.1) is 0 Å². The van der Waals surface area contributed by atoms with Gasteiger partial charge in [0.2, 0.25) is 10.0 Å². The van der Waals surface area contributed by atoms with Gasteiger partial charge in [-0.1, -0.05) is 12.1 Å². The van der Waals surface area contributed by atoms with Crippen LogP contribution in [0.25, 0.3) is 0 Å². The molecule has 0 heterocycles. The summed E-state index contributed by atoms with van der Waals surface area (Å²) in [5.41, 5.74) is -0.0332. The number of methoxy groups -OCH3 is 2. The fourth-order valence-corrected chi connectivity index (χ4v) is 3.63. The first-order valence-corrected chi connectivity index (χ1v) is 9.93. The number of benzene rings is 2. The third-order valence-electron chi connectivity index (χ3n) is 3.98. The summed E-state index contributed by atoms with van der Waals surface area (Å²) in [6.45, 7) is 1.40. The minimum Gasteiger partial charge on any atom is -0.497 e. The van der Waals surface area contributed by atoms with Crippen LogP contribution in [0.2, 0.25) is 0 Å². The van der Waals surface area contributed by atoms with Crippen molar-refractivity contribution in [2.24, 2.45) is 0 Å². The van der Waals surface area contributed by atoms with Crippen molar-refractivity contribution >= 4 is 21.8 Å². The van der Waals surface area contributed by atoms with Gasteiger partial charge in [0, 0.05) is 18.7 Å². The van der Waals surface area contributed by atoms with Crippen LogP contribution in [-0.4, -0.2) is 46.0 Å². The van der Waals surface area contributed by atoms with Crippen molar-refractivity contribution in [1.29, 1.82) is 0 Å². The molecule has 0 spiro atoms. The smallest absolute Gasteiger partial charge is 0.411 e. The highest BCUT2D eigenvalue weighted by atomic mass is 32.2. The van der Waals surface area contributed by atoms with Crippen molar-refractivity contribution in [3.63, 3.8) is 0 Å². The Morgan fingerprint density at radius 3 is 2.21 bits per heavy atom. The number of carbonyl (C=O) groups is 1. The van der Waals surface area contributed by atoms with Crippen LogP contribution >= 0.6 is 0 Å². The van der Waals surface area contributed by atoms with Gasteiger partial charge >= 0.3 is 6.09 Å². The maximum atomic E-state index is 12.5. The van der Waals surface area contributed by atoms with Crippen molar-refractivity contribution in [3.05, 3.63) is 54.1 Å². The number of amides is 1. The summed E-state index contributed by atoms with van der Waals surface area (Å²) in [5, 5.41) is 13.0. The van der Waals surface area contributed by atoms with Gasteiger partial charge in [-0.25, -0.2) is 17.9 Å². The van der Waals surface area contributed by atoms with Crippen LogP contribution in [0.15, 0.2) is 53.4 Å². The van der Waals surface area contributed by atoms with Crippen molar-refractivity contribution in [1.82, 2.24) is 4.72 Å². The molecule has 2 aromatic carbocycles. The van der Waals surface area contributed by atoms with Crippen LogP contribution in [0.4, 0.5) is 10.5 Å². The minimum absolute atomic E-state index is 0.0168. The first kappa shape index (κ1) is 21.7. The molecule has 3 N–H and O–H groups in total. The molecule has 0 aliphatic carbocycles. The van der Waals surface area contributed by atoms with Crippen LogP contribution in [-0.2, 0) is 21.2 Å². The Balaban J connectivity index is 1.99. The van der Waals surface area contributed by atoms with Gasteiger partial charge in [-0.2, -0.15) is 0 Å². The predicted molar refractivity (Wildman–Crippen MR) is 105 cm³/mol. The van der Waals surface area contributed by atoms with E-state index in [2.05, 4.69) is 14.8 Å². The second-order valence-corrected chi connectivity index (χ2v) is 8.25. The summed E-state index contributed by atoms with van der Waals surface area (Å²) < 4.78 is 36.9. The Hall–Kier alpha value is -2.62. The van der Waals surface area contributed by atoms with E-state index in [1.165, 1.54) is 31.4 Å². The van der Waals surface area contributed by atoms with E-state index in [-0.39, 0.29) is 17.9 Å². The molecule has 152 valence electrons. The van der Waals surface area contributed by atoms with E-state index in [1.54, 1.807) is 26.2 Å². The molecule has 9 heteroatoms. The third-order valence-corrected chi connectivity index (χ3v) is 5.40. The molecule has 0 saturated heterocycles. The van der Waals surface area contributed by atoms with E-state index in [0.717, 1.165) is 5.56 Å². The summed E-state index contributed by atoms with van der Waals surface area (Å²) in [6, 6.07) is 12.8. The largest absolute Gasteiger partial charge is 0.497 e. The highest BCUT2D eigenvalue weighted by Crippen LogP contribution is 2.18. The maximum Gasteiger partial charge on any atom is 0.411 e. The molecule has 1 atom stereocenters. The Morgan fingerprint density at radius 2 is 1.68 bits per heavy atom. The Labute approximate surface area is 164 Å². The standard InChI is InChI=1S/C19H24N2O6S/c1-19(23,12-14-4-8-16(26-2)9-5-14)13-20-28(24,25)17-10-6-15(7-11-17)21-18(22)27-3/h4-11,20,23H,12-13H2,1-3H3,(H,21,22). The summed E-state index contributed by atoms with van der Waals surface area (Å²) in [6.07, 6.45) is -0.384. The van der Waals surface area contributed by atoms with Crippen LogP contribution < -0.4 is 14.8 Å². The topological polar surface area (TPSA) is 114 Å². The van der Waals surface area contributed by atoms with E-state index in [4.69, 9.17) is 4.74 Å². The third kappa shape index (κ3) is 6.22. The number of aliphatic hydroxyl groups is 1. The Kier molecular flexibility index (Phi) is 7.00. The molecule has 0 aliphatic heterocycles. The summed E-state index contributed by atoms with van der Waals surface area (Å²) >= 11 is 0. The zero-order valence-corrected chi connectivity index (χ0v) is 16.7. The van der Waals surface area contributed by atoms with E-state index >= 15 is 0 Å². The SMILES string of the molecule is COC(=O)Nc1ccc(S(=O)(=O)NCC(C)(O)Cc2ccc(OC)cc2)cc1. The van der Waals surface area contributed by atoms with Crippen LogP contribution in [0.3, 0.4) is 0 Å². The normalized spacial score (nSPS) is 13.4. The second-order valence-electron chi connectivity index (χ2n) is 6.49. The molecule has 2 rings (SSSR count). The molecular weight excluding hydrogens is 384 g/mol. The second kappa shape index (κ2) is 9.05. The fraction of sp³-hybridized carbons (Fsp3) is 0.316. The maximum absolute atomic E-state index is 12.5. The van der Waals surface area contributed by atoms with Crippen molar-refractivity contribution in [2.75, 3.05) is 26.1 Å². The molecular formula is C19H24N2O6S. The molecule has 1 unspecified atom stereocenters. The number of hydrogen-bond acceptors (Lipinski definition) is 6. The number of sulfonamides is 1. The highest BCUT2D eigenvalue weighted by Gasteiger charge is 2.25. The number of rotatable bonds is 8. The number of carbonyl (C=O) groups excluding carboxylic acids is 1. The van der Waals surface area contributed by atoms with Gasteiger partial charge in [-0.3, -0.25) is 5.32 Å². The zero-order valence-electron chi connectivity index (χ0n) is 15.9. The number of anilines is 1. The lowest BCUT2D eigenvalue weighted by molar-refractivity contribution is 0.0657. The van der Waals surface area contributed by atoms with E-state index in [1.807, 2.05) is 12.1 Å². The molecule has 0 bridgehead atoms. The quantitative estimate of drug-likeness (QED) is 0.617. The van der Waals surface area contributed by atoms with Crippen molar-refractivity contribution < 1.29 is 27.8 Å². The van der Waals surface area contributed by atoms with E-state index in [9.17, 15) is 18.3 Å².